The predicted molar refractivity (Wildman–Crippen MR) is 45.8 cm³/mol. The molecule has 0 saturated carbocycles. The van der Waals surface area contributed by atoms with Gasteiger partial charge in [0.15, 0.2) is 0 Å². The molecular formula is C8H18Cl2N2OZn. The molecule has 0 aliphatic carbocycles. The van der Waals surface area contributed by atoms with E-state index in [-0.39, 0.29) is 44.3 Å². The molecule has 1 rings (SSSR count). The van der Waals surface area contributed by atoms with E-state index in [4.69, 9.17) is 4.74 Å². The Hall–Kier alpha value is 1.08. The van der Waals surface area contributed by atoms with Crippen molar-refractivity contribution in [2.45, 2.75) is 0 Å². The smallest absolute Gasteiger partial charge is 1.00 e. The number of nitrogens with zero attached hydrogens (tertiary/aromatic N) is 2. The first-order valence-corrected chi connectivity index (χ1v) is 4.24. The van der Waals surface area contributed by atoms with Gasteiger partial charge >= 0.3 is 19.5 Å². The Morgan fingerprint density at radius 1 is 1.14 bits per heavy atom. The van der Waals surface area contributed by atoms with E-state index in [1.165, 1.54) is 6.54 Å². The van der Waals surface area contributed by atoms with Gasteiger partial charge < -0.3 is 34.5 Å². The van der Waals surface area contributed by atoms with Crippen molar-refractivity contribution in [1.82, 2.24) is 9.80 Å². The van der Waals surface area contributed by atoms with Crippen molar-refractivity contribution in [2.75, 3.05) is 53.5 Å². The van der Waals surface area contributed by atoms with Gasteiger partial charge in [-0.15, -0.1) is 0 Å². The summed E-state index contributed by atoms with van der Waals surface area (Å²) >= 11 is 0. The molecule has 3 nitrogen and oxygen atoms in total. The van der Waals surface area contributed by atoms with Gasteiger partial charge in [-0.2, -0.15) is 0 Å². The van der Waals surface area contributed by atoms with Crippen LogP contribution in [-0.2, 0) is 24.2 Å². The van der Waals surface area contributed by atoms with Crippen LogP contribution in [0.1, 0.15) is 0 Å². The summed E-state index contributed by atoms with van der Waals surface area (Å²) < 4.78 is 5.25. The Morgan fingerprint density at radius 2 is 1.64 bits per heavy atom. The quantitative estimate of drug-likeness (QED) is 0.482. The number of likely N-dealkylation sites (N-methyl/N-ethyl adjacent to an activating group) is 1. The summed E-state index contributed by atoms with van der Waals surface area (Å²) in [6.45, 7) is 6.36. The average molecular weight is 295 g/mol. The Balaban J connectivity index is -0.000000403. The predicted octanol–water partition coefficient (Wildman–Crippen LogP) is -6.11. The van der Waals surface area contributed by atoms with Crippen molar-refractivity contribution >= 4 is 0 Å². The van der Waals surface area contributed by atoms with Gasteiger partial charge in [-0.25, -0.2) is 0 Å². The summed E-state index contributed by atoms with van der Waals surface area (Å²) in [7, 11) is 4.22. The van der Waals surface area contributed by atoms with Gasteiger partial charge in [0.1, 0.15) is 0 Å². The minimum Gasteiger partial charge on any atom is -1.00 e. The van der Waals surface area contributed by atoms with Crippen LogP contribution >= 0.6 is 0 Å². The Kier molecular flexibility index (Phi) is 17.8. The molecule has 0 bridgehead atoms. The molecule has 0 radical (unpaired) electrons. The van der Waals surface area contributed by atoms with Crippen LogP contribution in [0.4, 0.5) is 0 Å². The van der Waals surface area contributed by atoms with Crippen LogP contribution < -0.4 is 24.8 Å². The second-order valence-corrected chi connectivity index (χ2v) is 3.26. The second-order valence-electron chi connectivity index (χ2n) is 3.26. The van der Waals surface area contributed by atoms with Crippen molar-refractivity contribution < 1.29 is 49.0 Å². The van der Waals surface area contributed by atoms with Crippen LogP contribution in [-0.4, -0.2) is 63.3 Å². The summed E-state index contributed by atoms with van der Waals surface area (Å²) in [6.07, 6.45) is 0. The van der Waals surface area contributed by atoms with Crippen molar-refractivity contribution in [3.05, 3.63) is 0 Å². The van der Waals surface area contributed by atoms with Gasteiger partial charge in [0.25, 0.3) is 0 Å². The first kappa shape index (κ1) is 20.5. The topological polar surface area (TPSA) is 15.7 Å². The van der Waals surface area contributed by atoms with Crippen LogP contribution in [0.15, 0.2) is 0 Å². The van der Waals surface area contributed by atoms with Gasteiger partial charge in [-0.05, 0) is 14.1 Å². The third-order valence-electron chi connectivity index (χ3n) is 1.97. The zero-order valence-electron chi connectivity index (χ0n) is 9.01. The molecule has 0 aromatic carbocycles. The molecule has 14 heavy (non-hydrogen) atoms. The van der Waals surface area contributed by atoms with Crippen molar-refractivity contribution in [3.63, 3.8) is 0 Å². The van der Waals surface area contributed by atoms with Crippen LogP contribution in [0.2, 0.25) is 0 Å². The standard InChI is InChI=1S/C8H18N2O.2ClH.Zn/c1-9(2)3-4-10-5-7-11-8-6-10;;;/h3-8H2,1-2H3;2*1H;/q;;;+2/p-2. The van der Waals surface area contributed by atoms with Crippen LogP contribution in [0.5, 0.6) is 0 Å². The van der Waals surface area contributed by atoms with E-state index < -0.39 is 0 Å². The molecule has 82 valence electrons. The van der Waals surface area contributed by atoms with E-state index in [0.29, 0.717) is 0 Å². The number of halogens is 2. The van der Waals surface area contributed by atoms with E-state index in [1.807, 2.05) is 0 Å². The summed E-state index contributed by atoms with van der Waals surface area (Å²) in [6, 6.07) is 0. The molecule has 0 spiro atoms. The minimum atomic E-state index is 0. The first-order valence-electron chi connectivity index (χ1n) is 4.24. The van der Waals surface area contributed by atoms with E-state index in [0.717, 1.165) is 32.8 Å². The molecule has 1 fully saturated rings. The molecular weight excluding hydrogens is 276 g/mol. The van der Waals surface area contributed by atoms with Gasteiger partial charge in [0, 0.05) is 26.2 Å². The van der Waals surface area contributed by atoms with Crippen molar-refractivity contribution in [1.29, 1.82) is 0 Å². The van der Waals surface area contributed by atoms with Gasteiger partial charge in [-0.1, -0.05) is 0 Å². The average Bonchev–Trinajstić information content (AvgIpc) is 2.03. The molecule has 6 heteroatoms. The third-order valence-corrected chi connectivity index (χ3v) is 1.97. The van der Waals surface area contributed by atoms with Crippen LogP contribution in [0, 0.1) is 0 Å². The zero-order valence-corrected chi connectivity index (χ0v) is 13.5. The second kappa shape index (κ2) is 12.2. The molecule has 1 aliphatic rings. The summed E-state index contributed by atoms with van der Waals surface area (Å²) in [5.74, 6) is 0. The SMILES string of the molecule is CN(C)CCN1CCOCC1.[Cl-].[Cl-].[Zn+2]. The fourth-order valence-corrected chi connectivity index (χ4v) is 1.17. The van der Waals surface area contributed by atoms with Crippen LogP contribution in [0.3, 0.4) is 0 Å². The molecule has 0 aromatic rings. The van der Waals surface area contributed by atoms with E-state index in [2.05, 4.69) is 23.9 Å². The van der Waals surface area contributed by atoms with E-state index in [9.17, 15) is 0 Å². The molecule has 1 aliphatic heterocycles. The van der Waals surface area contributed by atoms with Crippen molar-refractivity contribution in [3.8, 4) is 0 Å². The van der Waals surface area contributed by atoms with Gasteiger partial charge in [0.05, 0.1) is 13.2 Å². The maximum atomic E-state index is 5.25. The summed E-state index contributed by atoms with van der Waals surface area (Å²) in [4.78, 5) is 4.67. The number of rotatable bonds is 3. The largest absolute Gasteiger partial charge is 2.00 e. The Labute approximate surface area is 112 Å². The monoisotopic (exact) mass is 292 g/mol. The maximum Gasteiger partial charge on any atom is 2.00 e. The number of hydrogen-bond donors (Lipinski definition) is 0. The normalized spacial score (nSPS) is 16.5. The zero-order chi connectivity index (χ0) is 8.10. The Bertz CT molecular complexity index is 114. The molecule has 1 heterocycles. The summed E-state index contributed by atoms with van der Waals surface area (Å²) in [5, 5.41) is 0. The molecule has 0 N–H and O–H groups in total. The van der Waals surface area contributed by atoms with E-state index in [1.54, 1.807) is 0 Å². The Morgan fingerprint density at radius 3 is 2.07 bits per heavy atom. The fourth-order valence-electron chi connectivity index (χ4n) is 1.17. The first-order chi connectivity index (χ1) is 5.29. The van der Waals surface area contributed by atoms with Gasteiger partial charge in [0.2, 0.25) is 0 Å². The molecule has 0 aromatic heterocycles. The third kappa shape index (κ3) is 9.63. The number of hydrogen-bond acceptors (Lipinski definition) is 3. The maximum absolute atomic E-state index is 5.25. The number of ether oxygens (including phenoxy) is 1. The molecule has 0 unspecified atom stereocenters. The minimum absolute atomic E-state index is 0. The van der Waals surface area contributed by atoms with Gasteiger partial charge in [-0.3, -0.25) is 4.90 Å². The fraction of sp³-hybridized carbons (Fsp3) is 1.00. The number of morpholine rings is 1. The van der Waals surface area contributed by atoms with E-state index >= 15 is 0 Å². The molecule has 0 atom stereocenters. The van der Waals surface area contributed by atoms with Crippen LogP contribution in [0.25, 0.3) is 0 Å². The van der Waals surface area contributed by atoms with Crippen molar-refractivity contribution in [2.24, 2.45) is 0 Å². The molecule has 1 saturated heterocycles. The summed E-state index contributed by atoms with van der Waals surface area (Å²) in [5.41, 5.74) is 0. The molecule has 0 amide bonds.